The Labute approximate surface area is 74.6 Å². The average Bonchev–Trinajstić information content (AvgIpc) is 2.38. The maximum atomic E-state index is 4.18. The van der Waals surface area contributed by atoms with Crippen molar-refractivity contribution in [2.24, 2.45) is 13.0 Å². The standard InChI is InChI=1S/C10H18N2/c1-5-9(8(2)3)10-6-7-11-12(10)4/h6-9H,5H2,1-4H3/t9-/m1/s1. The van der Waals surface area contributed by atoms with Gasteiger partial charge in [-0.3, -0.25) is 4.68 Å². The van der Waals surface area contributed by atoms with Gasteiger partial charge in [0.15, 0.2) is 0 Å². The third kappa shape index (κ3) is 1.68. The van der Waals surface area contributed by atoms with E-state index in [1.165, 1.54) is 12.1 Å². The number of aryl methyl sites for hydroxylation is 1. The van der Waals surface area contributed by atoms with Crippen LogP contribution in [0.5, 0.6) is 0 Å². The van der Waals surface area contributed by atoms with E-state index < -0.39 is 0 Å². The van der Waals surface area contributed by atoms with Gasteiger partial charge in [0.1, 0.15) is 0 Å². The molecule has 2 heteroatoms. The molecule has 1 heterocycles. The summed E-state index contributed by atoms with van der Waals surface area (Å²) < 4.78 is 1.98. The second-order valence-electron chi connectivity index (χ2n) is 3.64. The lowest BCUT2D eigenvalue weighted by atomic mass is 9.90. The quantitative estimate of drug-likeness (QED) is 0.674. The zero-order chi connectivity index (χ0) is 9.14. The van der Waals surface area contributed by atoms with Gasteiger partial charge in [-0.05, 0) is 18.4 Å². The molecule has 0 saturated carbocycles. The van der Waals surface area contributed by atoms with Crippen LogP contribution in [0.2, 0.25) is 0 Å². The van der Waals surface area contributed by atoms with Crippen LogP contribution in [-0.2, 0) is 7.05 Å². The minimum atomic E-state index is 0.650. The first-order valence-corrected chi connectivity index (χ1v) is 4.64. The van der Waals surface area contributed by atoms with Crippen LogP contribution in [0, 0.1) is 5.92 Å². The third-order valence-corrected chi connectivity index (χ3v) is 2.48. The summed E-state index contributed by atoms with van der Waals surface area (Å²) in [5, 5.41) is 4.18. The largest absolute Gasteiger partial charge is 0.272 e. The van der Waals surface area contributed by atoms with Crippen molar-refractivity contribution >= 4 is 0 Å². The Bertz CT molecular complexity index is 238. The van der Waals surface area contributed by atoms with Gasteiger partial charge in [-0.25, -0.2) is 0 Å². The lowest BCUT2D eigenvalue weighted by molar-refractivity contribution is 0.455. The summed E-state index contributed by atoms with van der Waals surface area (Å²) in [6.07, 6.45) is 3.07. The first-order valence-electron chi connectivity index (χ1n) is 4.64. The van der Waals surface area contributed by atoms with Crippen molar-refractivity contribution in [1.29, 1.82) is 0 Å². The number of rotatable bonds is 3. The van der Waals surface area contributed by atoms with E-state index in [0.717, 1.165) is 0 Å². The molecule has 2 nitrogen and oxygen atoms in total. The lowest BCUT2D eigenvalue weighted by Gasteiger charge is -2.18. The summed E-state index contributed by atoms with van der Waals surface area (Å²) in [5.74, 6) is 1.35. The van der Waals surface area contributed by atoms with E-state index in [1.54, 1.807) is 0 Å². The molecule has 0 saturated heterocycles. The Morgan fingerprint density at radius 3 is 2.50 bits per heavy atom. The number of hydrogen-bond acceptors (Lipinski definition) is 1. The highest BCUT2D eigenvalue weighted by Crippen LogP contribution is 2.26. The lowest BCUT2D eigenvalue weighted by Crippen LogP contribution is -2.10. The van der Waals surface area contributed by atoms with Gasteiger partial charge < -0.3 is 0 Å². The smallest absolute Gasteiger partial charge is 0.0492 e. The minimum Gasteiger partial charge on any atom is -0.272 e. The van der Waals surface area contributed by atoms with Crippen molar-refractivity contribution in [2.75, 3.05) is 0 Å². The van der Waals surface area contributed by atoms with Crippen LogP contribution >= 0.6 is 0 Å². The summed E-state index contributed by atoms with van der Waals surface area (Å²) in [5.41, 5.74) is 1.35. The molecule has 1 aromatic heterocycles. The molecule has 1 atom stereocenters. The molecule has 0 amide bonds. The summed E-state index contributed by atoms with van der Waals surface area (Å²) in [6.45, 7) is 6.76. The second-order valence-corrected chi connectivity index (χ2v) is 3.64. The molecule has 1 rings (SSSR count). The third-order valence-electron chi connectivity index (χ3n) is 2.48. The highest BCUT2D eigenvalue weighted by molar-refractivity contribution is 5.07. The Morgan fingerprint density at radius 1 is 1.50 bits per heavy atom. The summed E-state index contributed by atoms with van der Waals surface area (Å²) >= 11 is 0. The topological polar surface area (TPSA) is 17.8 Å². The van der Waals surface area contributed by atoms with E-state index in [2.05, 4.69) is 31.9 Å². The Balaban J connectivity index is 2.87. The van der Waals surface area contributed by atoms with Crippen molar-refractivity contribution in [2.45, 2.75) is 33.1 Å². The SMILES string of the molecule is CC[C@@H](c1ccnn1C)C(C)C. The number of nitrogens with zero attached hydrogens (tertiary/aromatic N) is 2. The maximum absolute atomic E-state index is 4.18. The van der Waals surface area contributed by atoms with Crippen LogP contribution in [0.3, 0.4) is 0 Å². The monoisotopic (exact) mass is 166 g/mol. The van der Waals surface area contributed by atoms with Crippen molar-refractivity contribution in [3.63, 3.8) is 0 Å². The Kier molecular flexibility index (Phi) is 2.90. The van der Waals surface area contributed by atoms with Crippen LogP contribution in [0.15, 0.2) is 12.3 Å². The van der Waals surface area contributed by atoms with E-state index in [-0.39, 0.29) is 0 Å². The fourth-order valence-electron chi connectivity index (χ4n) is 1.77. The summed E-state index contributed by atoms with van der Waals surface area (Å²) in [6, 6.07) is 2.12. The molecule has 0 spiro atoms. The Hall–Kier alpha value is -0.790. The minimum absolute atomic E-state index is 0.650. The van der Waals surface area contributed by atoms with Gasteiger partial charge in [-0.15, -0.1) is 0 Å². The molecule has 0 bridgehead atoms. The van der Waals surface area contributed by atoms with Crippen LogP contribution in [0.1, 0.15) is 38.8 Å². The van der Waals surface area contributed by atoms with Crippen molar-refractivity contribution in [1.82, 2.24) is 9.78 Å². The molecule has 0 aromatic carbocycles. The molecular formula is C10H18N2. The van der Waals surface area contributed by atoms with Gasteiger partial charge in [0.2, 0.25) is 0 Å². The molecule has 1 aromatic rings. The summed E-state index contributed by atoms with van der Waals surface area (Å²) in [4.78, 5) is 0. The second kappa shape index (κ2) is 3.74. The average molecular weight is 166 g/mol. The molecule has 0 fully saturated rings. The first kappa shape index (κ1) is 9.30. The number of hydrogen-bond donors (Lipinski definition) is 0. The zero-order valence-corrected chi connectivity index (χ0v) is 8.41. The van der Waals surface area contributed by atoms with Crippen molar-refractivity contribution in [3.05, 3.63) is 18.0 Å². The molecule has 0 radical (unpaired) electrons. The van der Waals surface area contributed by atoms with Gasteiger partial charge in [0.25, 0.3) is 0 Å². The first-order chi connectivity index (χ1) is 5.66. The molecule has 0 N–H and O–H groups in total. The van der Waals surface area contributed by atoms with Gasteiger partial charge in [-0.2, -0.15) is 5.10 Å². The van der Waals surface area contributed by atoms with Gasteiger partial charge in [0.05, 0.1) is 0 Å². The molecule has 0 aliphatic carbocycles. The predicted molar refractivity (Wildman–Crippen MR) is 51.1 cm³/mol. The van der Waals surface area contributed by atoms with E-state index in [0.29, 0.717) is 11.8 Å². The zero-order valence-electron chi connectivity index (χ0n) is 8.41. The van der Waals surface area contributed by atoms with E-state index in [9.17, 15) is 0 Å². The van der Waals surface area contributed by atoms with Crippen LogP contribution < -0.4 is 0 Å². The molecule has 68 valence electrons. The highest BCUT2D eigenvalue weighted by atomic mass is 15.3. The fourth-order valence-corrected chi connectivity index (χ4v) is 1.77. The molecule has 0 aliphatic rings. The normalized spacial score (nSPS) is 13.8. The van der Waals surface area contributed by atoms with Crippen molar-refractivity contribution in [3.8, 4) is 0 Å². The Morgan fingerprint density at radius 2 is 2.17 bits per heavy atom. The van der Waals surface area contributed by atoms with E-state index >= 15 is 0 Å². The molecule has 0 aliphatic heterocycles. The van der Waals surface area contributed by atoms with Gasteiger partial charge in [0, 0.05) is 24.9 Å². The summed E-state index contributed by atoms with van der Waals surface area (Å²) in [7, 11) is 2.01. The highest BCUT2D eigenvalue weighted by Gasteiger charge is 2.15. The van der Waals surface area contributed by atoms with E-state index in [4.69, 9.17) is 0 Å². The van der Waals surface area contributed by atoms with Crippen LogP contribution in [-0.4, -0.2) is 9.78 Å². The predicted octanol–water partition coefficient (Wildman–Crippen LogP) is 2.57. The van der Waals surface area contributed by atoms with E-state index in [1.807, 2.05) is 17.9 Å². The van der Waals surface area contributed by atoms with Crippen LogP contribution in [0.25, 0.3) is 0 Å². The van der Waals surface area contributed by atoms with Crippen LogP contribution in [0.4, 0.5) is 0 Å². The van der Waals surface area contributed by atoms with Crippen molar-refractivity contribution < 1.29 is 0 Å². The fraction of sp³-hybridized carbons (Fsp3) is 0.700. The van der Waals surface area contributed by atoms with Gasteiger partial charge >= 0.3 is 0 Å². The van der Waals surface area contributed by atoms with Gasteiger partial charge in [-0.1, -0.05) is 20.8 Å². The molecular weight excluding hydrogens is 148 g/mol. The maximum Gasteiger partial charge on any atom is 0.0492 e. The number of aromatic nitrogens is 2. The molecule has 0 unspecified atom stereocenters. The molecule has 12 heavy (non-hydrogen) atoms.